The Balaban J connectivity index is 1.74. The average molecular weight is 471 g/mol. The van der Waals surface area contributed by atoms with Crippen molar-refractivity contribution in [2.24, 2.45) is 0 Å². The summed E-state index contributed by atoms with van der Waals surface area (Å²) in [4.78, 5) is 24.4. The number of amides is 2. The Hall–Kier alpha value is -4.41. The number of nitrogens with one attached hydrogen (secondary N) is 2. The van der Waals surface area contributed by atoms with E-state index in [9.17, 15) is 18.0 Å². The van der Waals surface area contributed by atoms with Crippen molar-refractivity contribution >= 4 is 27.5 Å². The van der Waals surface area contributed by atoms with E-state index in [1.807, 2.05) is 35.1 Å². The molecule has 0 atom stereocenters. The van der Waals surface area contributed by atoms with Crippen molar-refractivity contribution in [3.63, 3.8) is 0 Å². The second-order valence-electron chi connectivity index (χ2n) is 7.00. The SMILES string of the molecule is C/C=C/C=C/C(=O)NS(=O)(=O)c1ccccc1NC(=O)c1ccc(C#Cc2ccccc2)cc1. The molecule has 0 fully saturated rings. The number of sulfonamides is 1. The molecular weight excluding hydrogens is 448 g/mol. The highest BCUT2D eigenvalue weighted by Crippen LogP contribution is 2.21. The highest BCUT2D eigenvalue weighted by atomic mass is 32.2. The zero-order valence-electron chi connectivity index (χ0n) is 18.4. The van der Waals surface area contributed by atoms with Gasteiger partial charge in [-0.2, -0.15) is 0 Å². The smallest absolute Gasteiger partial charge is 0.266 e. The first-order valence-corrected chi connectivity index (χ1v) is 11.8. The van der Waals surface area contributed by atoms with Crippen LogP contribution < -0.4 is 10.0 Å². The summed E-state index contributed by atoms with van der Waals surface area (Å²) in [5, 5.41) is 2.60. The Morgan fingerprint density at radius 1 is 0.794 bits per heavy atom. The van der Waals surface area contributed by atoms with Crippen LogP contribution in [0.2, 0.25) is 0 Å². The van der Waals surface area contributed by atoms with Gasteiger partial charge in [0.1, 0.15) is 4.90 Å². The summed E-state index contributed by atoms with van der Waals surface area (Å²) in [5.74, 6) is 4.78. The summed E-state index contributed by atoms with van der Waals surface area (Å²) in [5.41, 5.74) is 2.00. The Kier molecular flexibility index (Phi) is 8.16. The van der Waals surface area contributed by atoms with E-state index in [1.54, 1.807) is 49.4 Å². The maximum atomic E-state index is 12.7. The molecule has 0 radical (unpaired) electrons. The van der Waals surface area contributed by atoms with Crippen LogP contribution in [0.25, 0.3) is 0 Å². The largest absolute Gasteiger partial charge is 0.321 e. The summed E-state index contributed by atoms with van der Waals surface area (Å²) < 4.78 is 27.4. The molecule has 3 rings (SSSR count). The van der Waals surface area contributed by atoms with Crippen LogP contribution in [-0.4, -0.2) is 20.2 Å². The zero-order valence-corrected chi connectivity index (χ0v) is 19.2. The maximum absolute atomic E-state index is 12.7. The molecule has 2 amide bonds. The molecule has 0 heterocycles. The number of hydrogen-bond donors (Lipinski definition) is 2. The molecule has 2 N–H and O–H groups in total. The van der Waals surface area contributed by atoms with E-state index in [4.69, 9.17) is 0 Å². The molecule has 0 saturated carbocycles. The van der Waals surface area contributed by atoms with Crippen molar-refractivity contribution in [2.75, 3.05) is 5.32 Å². The van der Waals surface area contributed by atoms with Crippen LogP contribution in [0.3, 0.4) is 0 Å². The minimum absolute atomic E-state index is 0.0539. The van der Waals surface area contributed by atoms with Gasteiger partial charge in [0, 0.05) is 22.8 Å². The summed E-state index contributed by atoms with van der Waals surface area (Å²) in [6.45, 7) is 1.77. The Morgan fingerprint density at radius 2 is 1.41 bits per heavy atom. The van der Waals surface area contributed by atoms with Gasteiger partial charge in [-0.3, -0.25) is 9.59 Å². The second kappa shape index (κ2) is 11.5. The van der Waals surface area contributed by atoms with Gasteiger partial charge in [-0.25, -0.2) is 13.1 Å². The molecule has 0 aromatic heterocycles. The van der Waals surface area contributed by atoms with Gasteiger partial charge >= 0.3 is 0 Å². The van der Waals surface area contributed by atoms with Crippen molar-refractivity contribution in [2.45, 2.75) is 11.8 Å². The number of carbonyl (C=O) groups is 2. The van der Waals surface area contributed by atoms with E-state index in [2.05, 4.69) is 17.2 Å². The van der Waals surface area contributed by atoms with E-state index in [0.29, 0.717) is 5.56 Å². The van der Waals surface area contributed by atoms with Crippen LogP contribution in [0, 0.1) is 11.8 Å². The Bertz CT molecular complexity index is 1400. The molecule has 3 aromatic rings. The van der Waals surface area contributed by atoms with Crippen molar-refractivity contribution in [3.05, 3.63) is 120 Å². The molecule has 170 valence electrons. The van der Waals surface area contributed by atoms with Crippen LogP contribution in [0.4, 0.5) is 5.69 Å². The van der Waals surface area contributed by atoms with Gasteiger partial charge in [-0.05, 0) is 55.5 Å². The normalized spacial score (nSPS) is 11.1. The van der Waals surface area contributed by atoms with Crippen LogP contribution in [-0.2, 0) is 14.8 Å². The maximum Gasteiger partial charge on any atom is 0.266 e. The number of carbonyl (C=O) groups excluding carboxylic acids is 2. The minimum atomic E-state index is -4.20. The Labute approximate surface area is 199 Å². The van der Waals surface area contributed by atoms with Gasteiger partial charge in [-0.15, -0.1) is 0 Å². The number of benzene rings is 3. The first-order valence-electron chi connectivity index (χ1n) is 10.3. The standard InChI is InChI=1S/C27H22N2O4S/c1-2-3-5-14-26(30)29-34(32,33)25-13-9-8-12-24(25)28-27(31)23-19-17-22(18-20-23)16-15-21-10-6-4-7-11-21/h2-14,17-20H,1H3,(H,28,31)(H,29,30)/b3-2+,14-5+. The molecule has 0 unspecified atom stereocenters. The molecule has 0 aliphatic rings. The van der Waals surface area contributed by atoms with Gasteiger partial charge in [0.15, 0.2) is 0 Å². The molecule has 34 heavy (non-hydrogen) atoms. The van der Waals surface area contributed by atoms with E-state index >= 15 is 0 Å². The molecule has 7 heteroatoms. The predicted octanol–water partition coefficient (Wildman–Crippen LogP) is 4.28. The fourth-order valence-electron chi connectivity index (χ4n) is 2.84. The van der Waals surface area contributed by atoms with Crippen LogP contribution >= 0.6 is 0 Å². The molecule has 0 aliphatic heterocycles. The van der Waals surface area contributed by atoms with Crippen molar-refractivity contribution in [1.82, 2.24) is 4.72 Å². The molecule has 0 spiro atoms. The van der Waals surface area contributed by atoms with Gasteiger partial charge in [-0.1, -0.05) is 60.4 Å². The number of allylic oxidation sites excluding steroid dienone is 3. The lowest BCUT2D eigenvalue weighted by atomic mass is 10.1. The molecule has 0 aliphatic carbocycles. The lowest BCUT2D eigenvalue weighted by Gasteiger charge is -2.12. The van der Waals surface area contributed by atoms with E-state index in [1.165, 1.54) is 24.3 Å². The fraction of sp³-hybridized carbons (Fsp3) is 0.0370. The molecule has 0 bridgehead atoms. The number of hydrogen-bond acceptors (Lipinski definition) is 4. The lowest BCUT2D eigenvalue weighted by Crippen LogP contribution is -2.30. The highest BCUT2D eigenvalue weighted by Gasteiger charge is 2.21. The molecule has 0 saturated heterocycles. The van der Waals surface area contributed by atoms with Crippen LogP contribution in [0.15, 0.2) is 108 Å². The first kappa shape index (κ1) is 24.2. The van der Waals surface area contributed by atoms with Gasteiger partial charge in [0.2, 0.25) is 0 Å². The third-order valence-electron chi connectivity index (χ3n) is 4.48. The Morgan fingerprint density at radius 3 is 2.09 bits per heavy atom. The quantitative estimate of drug-likeness (QED) is 0.320. The zero-order chi connectivity index (χ0) is 24.4. The molecule has 3 aromatic carbocycles. The molecule has 6 nitrogen and oxygen atoms in total. The van der Waals surface area contributed by atoms with E-state index in [-0.39, 0.29) is 10.6 Å². The minimum Gasteiger partial charge on any atom is -0.321 e. The second-order valence-corrected chi connectivity index (χ2v) is 8.65. The monoisotopic (exact) mass is 470 g/mol. The van der Waals surface area contributed by atoms with Crippen LogP contribution in [0.1, 0.15) is 28.4 Å². The summed E-state index contributed by atoms with van der Waals surface area (Å²) in [6, 6.07) is 22.0. The van der Waals surface area contributed by atoms with E-state index in [0.717, 1.165) is 17.2 Å². The van der Waals surface area contributed by atoms with E-state index < -0.39 is 21.8 Å². The molecular formula is C27H22N2O4S. The fourth-order valence-corrected chi connectivity index (χ4v) is 3.95. The number of para-hydroxylation sites is 1. The van der Waals surface area contributed by atoms with Gasteiger partial charge < -0.3 is 5.32 Å². The third kappa shape index (κ3) is 6.79. The first-order chi connectivity index (χ1) is 16.4. The van der Waals surface area contributed by atoms with Crippen molar-refractivity contribution in [1.29, 1.82) is 0 Å². The van der Waals surface area contributed by atoms with Crippen molar-refractivity contribution < 1.29 is 18.0 Å². The topological polar surface area (TPSA) is 92.3 Å². The predicted molar refractivity (Wildman–Crippen MR) is 133 cm³/mol. The summed E-state index contributed by atoms with van der Waals surface area (Å²) >= 11 is 0. The van der Waals surface area contributed by atoms with Crippen LogP contribution in [0.5, 0.6) is 0 Å². The number of anilines is 1. The summed E-state index contributed by atoms with van der Waals surface area (Å²) in [6.07, 6.45) is 5.82. The lowest BCUT2D eigenvalue weighted by molar-refractivity contribution is -0.114. The van der Waals surface area contributed by atoms with Crippen molar-refractivity contribution in [3.8, 4) is 11.8 Å². The average Bonchev–Trinajstić information content (AvgIpc) is 2.84. The summed E-state index contributed by atoms with van der Waals surface area (Å²) in [7, 11) is -4.20. The van der Waals surface area contributed by atoms with Gasteiger partial charge in [0.25, 0.3) is 21.8 Å². The number of rotatable bonds is 6. The highest BCUT2D eigenvalue weighted by molar-refractivity contribution is 7.90. The third-order valence-corrected chi connectivity index (χ3v) is 5.89. The van der Waals surface area contributed by atoms with Gasteiger partial charge in [0.05, 0.1) is 5.69 Å².